The van der Waals surface area contributed by atoms with Crippen LogP contribution in [0.25, 0.3) is 10.2 Å². The van der Waals surface area contributed by atoms with Crippen LogP contribution < -0.4 is 10.6 Å². The number of alkyl halides is 1. The average molecular weight is 400 g/mol. The van der Waals surface area contributed by atoms with Crippen LogP contribution in [0.1, 0.15) is 35.4 Å². The van der Waals surface area contributed by atoms with Gasteiger partial charge in [-0.1, -0.05) is 6.07 Å². The van der Waals surface area contributed by atoms with E-state index in [1.54, 1.807) is 12.4 Å². The van der Waals surface area contributed by atoms with Crippen molar-refractivity contribution >= 4 is 38.4 Å². The molecule has 0 aliphatic carbocycles. The molecule has 146 valence electrons. The van der Waals surface area contributed by atoms with Gasteiger partial charge in [0.1, 0.15) is 6.17 Å². The fraction of sp³-hybridized carbons (Fsp3) is 0.368. The first-order valence-corrected chi connectivity index (χ1v) is 9.96. The number of hydrogen-bond acceptors (Lipinski definition) is 7. The largest absolute Gasteiger partial charge is 0.380 e. The normalized spacial score (nSPS) is 17.7. The van der Waals surface area contributed by atoms with Crippen LogP contribution in [-0.4, -0.2) is 52.1 Å². The zero-order chi connectivity index (χ0) is 19.7. The number of pyridine rings is 1. The molecule has 2 atom stereocenters. The van der Waals surface area contributed by atoms with Crippen LogP contribution >= 0.6 is 11.3 Å². The Kier molecular flexibility index (Phi) is 5.08. The van der Waals surface area contributed by atoms with Crippen LogP contribution in [-0.2, 0) is 0 Å². The molecule has 1 amide bonds. The number of thiophene rings is 1. The van der Waals surface area contributed by atoms with Gasteiger partial charge in [-0.05, 0) is 31.0 Å². The van der Waals surface area contributed by atoms with Gasteiger partial charge >= 0.3 is 0 Å². The Labute approximate surface area is 166 Å². The predicted octanol–water partition coefficient (Wildman–Crippen LogP) is 3.49. The number of hydrogen-bond donors (Lipinski definition) is 2. The number of nitrogens with one attached hydrogen (secondary N) is 2. The fourth-order valence-corrected chi connectivity index (χ4v) is 4.15. The van der Waals surface area contributed by atoms with Crippen molar-refractivity contribution in [1.82, 2.24) is 19.9 Å². The molecule has 7 nitrogen and oxygen atoms in total. The highest BCUT2D eigenvalue weighted by Gasteiger charge is 2.29. The minimum Gasteiger partial charge on any atom is -0.380 e. The summed E-state index contributed by atoms with van der Waals surface area (Å²) in [6.45, 7) is 2.50. The molecule has 1 aliphatic rings. The topological polar surface area (TPSA) is 83.0 Å². The van der Waals surface area contributed by atoms with Crippen molar-refractivity contribution in [2.75, 3.05) is 30.8 Å². The molecular weight excluding hydrogens is 379 g/mol. The summed E-state index contributed by atoms with van der Waals surface area (Å²) in [7, 11) is 1.82. The second-order valence-corrected chi connectivity index (χ2v) is 7.81. The molecule has 2 unspecified atom stereocenters. The van der Waals surface area contributed by atoms with Crippen LogP contribution in [0, 0.1) is 0 Å². The molecule has 0 spiro atoms. The van der Waals surface area contributed by atoms with Gasteiger partial charge in [0.25, 0.3) is 5.91 Å². The summed E-state index contributed by atoms with van der Waals surface area (Å²) in [6.07, 6.45) is 2.89. The van der Waals surface area contributed by atoms with Crippen LogP contribution in [0.4, 0.5) is 15.3 Å². The summed E-state index contributed by atoms with van der Waals surface area (Å²) in [6, 6.07) is 5.63. The Morgan fingerprint density at radius 3 is 2.96 bits per heavy atom. The first kappa shape index (κ1) is 18.5. The molecule has 0 radical (unpaired) electrons. The molecule has 9 heteroatoms. The first-order chi connectivity index (χ1) is 13.5. The summed E-state index contributed by atoms with van der Waals surface area (Å²) in [5.74, 6) is 0.109. The fourth-order valence-electron chi connectivity index (χ4n) is 3.22. The number of anilines is 2. The smallest absolute Gasteiger partial charge is 0.274 e. The summed E-state index contributed by atoms with van der Waals surface area (Å²) >= 11 is 1.42. The van der Waals surface area contributed by atoms with E-state index in [-0.39, 0.29) is 18.5 Å². The van der Waals surface area contributed by atoms with E-state index in [9.17, 15) is 9.18 Å². The Morgan fingerprint density at radius 2 is 2.29 bits per heavy atom. The van der Waals surface area contributed by atoms with Gasteiger partial charge in [-0.25, -0.2) is 14.4 Å². The summed E-state index contributed by atoms with van der Waals surface area (Å²) in [5, 5.41) is 7.22. The minimum atomic E-state index is -0.972. The lowest BCUT2D eigenvalue weighted by Crippen LogP contribution is -2.30. The van der Waals surface area contributed by atoms with Crippen molar-refractivity contribution in [2.24, 2.45) is 0 Å². The molecule has 3 aromatic heterocycles. The van der Waals surface area contributed by atoms with Gasteiger partial charge in [-0.2, -0.15) is 0 Å². The van der Waals surface area contributed by atoms with E-state index in [1.165, 1.54) is 16.2 Å². The molecule has 28 heavy (non-hydrogen) atoms. The highest BCUT2D eigenvalue weighted by atomic mass is 32.1. The lowest BCUT2D eigenvalue weighted by molar-refractivity contribution is 0.0779. The number of carbonyl (C=O) groups is 1. The van der Waals surface area contributed by atoms with Crippen LogP contribution in [0.3, 0.4) is 0 Å². The second-order valence-electron chi connectivity index (χ2n) is 6.76. The van der Waals surface area contributed by atoms with Crippen molar-refractivity contribution in [3.05, 3.63) is 41.9 Å². The number of amides is 1. The second kappa shape index (κ2) is 7.67. The van der Waals surface area contributed by atoms with Crippen molar-refractivity contribution in [3.8, 4) is 0 Å². The molecule has 1 fully saturated rings. The van der Waals surface area contributed by atoms with Crippen LogP contribution in [0.5, 0.6) is 0 Å². The molecule has 4 rings (SSSR count). The van der Waals surface area contributed by atoms with Gasteiger partial charge in [-0.3, -0.25) is 9.78 Å². The van der Waals surface area contributed by atoms with E-state index in [4.69, 9.17) is 0 Å². The van der Waals surface area contributed by atoms with Crippen molar-refractivity contribution in [3.63, 3.8) is 0 Å². The molecule has 2 N–H and O–H groups in total. The molecule has 0 saturated carbocycles. The predicted molar refractivity (Wildman–Crippen MR) is 109 cm³/mol. The average Bonchev–Trinajstić information content (AvgIpc) is 3.33. The maximum atomic E-state index is 13.6. The van der Waals surface area contributed by atoms with Crippen molar-refractivity contribution in [1.29, 1.82) is 0 Å². The van der Waals surface area contributed by atoms with E-state index in [0.29, 0.717) is 34.8 Å². The van der Waals surface area contributed by atoms with Gasteiger partial charge in [0.2, 0.25) is 5.95 Å². The number of nitrogens with zero attached hydrogens (tertiary/aromatic N) is 4. The standard InChI is InChI=1S/C19H21FN6OS/c1-11(12-4-3-6-22-9-12)23-19-24-14-8-15(21-2)28-17(14)16(25-19)18(27)26-7-5-13(20)10-26/h3-4,6,8-9,11,13,21H,5,7,10H2,1-2H3,(H,23,24,25). The third-order valence-electron chi connectivity index (χ3n) is 4.77. The van der Waals surface area contributed by atoms with Gasteiger partial charge in [0, 0.05) is 26.0 Å². The zero-order valence-electron chi connectivity index (χ0n) is 15.6. The molecule has 3 aromatic rings. The SMILES string of the molecule is CNc1cc2nc(NC(C)c3cccnc3)nc(C(=O)N3CCC(F)C3)c2s1. The number of carbonyl (C=O) groups excluding carboxylic acids is 1. The number of rotatable bonds is 5. The highest BCUT2D eigenvalue weighted by Crippen LogP contribution is 2.33. The molecular formula is C19H21FN6OS. The van der Waals surface area contributed by atoms with Gasteiger partial charge in [0.15, 0.2) is 5.69 Å². The summed E-state index contributed by atoms with van der Waals surface area (Å²) in [4.78, 5) is 27.8. The van der Waals surface area contributed by atoms with Crippen LogP contribution in [0.2, 0.25) is 0 Å². The highest BCUT2D eigenvalue weighted by molar-refractivity contribution is 7.23. The maximum Gasteiger partial charge on any atom is 0.274 e. The van der Waals surface area contributed by atoms with E-state index in [0.717, 1.165) is 10.6 Å². The minimum absolute atomic E-state index is 0.0847. The number of aromatic nitrogens is 3. The molecule has 0 bridgehead atoms. The third kappa shape index (κ3) is 3.62. The Hall–Kier alpha value is -2.81. The molecule has 4 heterocycles. The number of fused-ring (bicyclic) bond motifs is 1. The number of likely N-dealkylation sites (tertiary alicyclic amines) is 1. The lowest BCUT2D eigenvalue weighted by Gasteiger charge is -2.17. The maximum absolute atomic E-state index is 13.6. The van der Waals surface area contributed by atoms with Crippen molar-refractivity contribution in [2.45, 2.75) is 25.6 Å². The van der Waals surface area contributed by atoms with Gasteiger partial charge < -0.3 is 15.5 Å². The first-order valence-electron chi connectivity index (χ1n) is 9.14. The summed E-state index contributed by atoms with van der Waals surface area (Å²) < 4.78 is 14.3. The Bertz CT molecular complexity index is 995. The quantitative estimate of drug-likeness (QED) is 0.682. The molecule has 0 aromatic carbocycles. The van der Waals surface area contributed by atoms with Crippen molar-refractivity contribution < 1.29 is 9.18 Å². The Morgan fingerprint density at radius 1 is 1.43 bits per heavy atom. The zero-order valence-corrected chi connectivity index (χ0v) is 16.5. The summed E-state index contributed by atoms with van der Waals surface area (Å²) in [5.41, 5.74) is 1.98. The molecule has 1 saturated heterocycles. The van der Waals surface area contributed by atoms with E-state index < -0.39 is 6.17 Å². The Balaban J connectivity index is 1.70. The van der Waals surface area contributed by atoms with E-state index >= 15 is 0 Å². The van der Waals surface area contributed by atoms with E-state index in [1.807, 2.05) is 32.2 Å². The lowest BCUT2D eigenvalue weighted by atomic mass is 10.1. The third-order valence-corrected chi connectivity index (χ3v) is 5.92. The van der Waals surface area contributed by atoms with Gasteiger partial charge in [0.05, 0.1) is 27.8 Å². The molecule has 1 aliphatic heterocycles. The van der Waals surface area contributed by atoms with E-state index in [2.05, 4.69) is 25.6 Å². The number of halogens is 1. The van der Waals surface area contributed by atoms with Crippen LogP contribution in [0.15, 0.2) is 30.6 Å². The van der Waals surface area contributed by atoms with Gasteiger partial charge in [-0.15, -0.1) is 11.3 Å². The monoisotopic (exact) mass is 400 g/mol.